The van der Waals surface area contributed by atoms with Crippen LogP contribution in [0.25, 0.3) is 0 Å². The predicted octanol–water partition coefficient (Wildman–Crippen LogP) is 5.89. The lowest BCUT2D eigenvalue weighted by molar-refractivity contribution is -0.158. The maximum absolute atomic E-state index is 14.4. The predicted molar refractivity (Wildman–Crippen MR) is 147 cm³/mol. The zero-order valence-electron chi connectivity index (χ0n) is 24.3. The standard InChI is InChI=1S/C32H45N3O3/c1-8-34-27(38)35-32-13-11-28(3,4)17-22(32)25-23(36)15-24-29(5)16-20(18-33)26(37)19(2)21(29)9-10-30(24,6)31(25,7)12-14-32/h15-16,19,21-22,25H,8-14,17H2,1-7H3,(H2,34,35,38)/t19-,21?,22?,25?,29-,30+,31+,32-/m0/s1. The molecule has 6 heteroatoms. The summed E-state index contributed by atoms with van der Waals surface area (Å²) < 4.78 is 0. The van der Waals surface area contributed by atoms with E-state index in [1.54, 1.807) is 0 Å². The number of Topliss-reactive ketones (excluding diaryl/α,β-unsaturated/α-hetero) is 1. The van der Waals surface area contributed by atoms with Gasteiger partial charge < -0.3 is 10.6 Å². The summed E-state index contributed by atoms with van der Waals surface area (Å²) in [6.07, 6.45) is 10.2. The van der Waals surface area contributed by atoms with Crippen molar-refractivity contribution in [2.24, 2.45) is 45.3 Å². The second-order valence-corrected chi connectivity index (χ2v) is 14.6. The summed E-state index contributed by atoms with van der Waals surface area (Å²) in [7, 11) is 0. The van der Waals surface area contributed by atoms with Gasteiger partial charge in [-0.15, -0.1) is 0 Å². The van der Waals surface area contributed by atoms with Gasteiger partial charge >= 0.3 is 6.03 Å². The normalized spacial score (nSPS) is 45.2. The lowest BCUT2D eigenvalue weighted by atomic mass is 9.36. The van der Waals surface area contributed by atoms with Gasteiger partial charge in [0.25, 0.3) is 0 Å². The molecule has 0 aromatic carbocycles. The summed E-state index contributed by atoms with van der Waals surface area (Å²) in [6.45, 7) is 15.9. The van der Waals surface area contributed by atoms with Crippen LogP contribution < -0.4 is 10.6 Å². The first kappa shape index (κ1) is 27.2. The van der Waals surface area contributed by atoms with Crippen LogP contribution in [0.3, 0.4) is 0 Å². The van der Waals surface area contributed by atoms with Gasteiger partial charge in [-0.25, -0.2) is 4.79 Å². The molecule has 2 amide bonds. The molecule has 0 radical (unpaired) electrons. The molecule has 0 aromatic heterocycles. The lowest BCUT2D eigenvalue weighted by Gasteiger charge is -2.68. The fourth-order valence-corrected chi connectivity index (χ4v) is 9.90. The van der Waals surface area contributed by atoms with Gasteiger partial charge in [-0.3, -0.25) is 9.59 Å². The second kappa shape index (κ2) is 8.54. The number of fused-ring (bicyclic) bond motifs is 7. The average molecular weight is 520 g/mol. The molecular weight excluding hydrogens is 474 g/mol. The van der Waals surface area contributed by atoms with E-state index >= 15 is 0 Å². The number of nitrogens with one attached hydrogen (secondary N) is 2. The van der Waals surface area contributed by atoms with Gasteiger partial charge in [0.2, 0.25) is 0 Å². The van der Waals surface area contributed by atoms with Crippen LogP contribution in [0, 0.1) is 56.7 Å². The highest BCUT2D eigenvalue weighted by atomic mass is 16.2. The summed E-state index contributed by atoms with van der Waals surface area (Å²) in [5, 5.41) is 16.1. The summed E-state index contributed by atoms with van der Waals surface area (Å²) in [5.41, 5.74) is 0.102. The molecule has 0 aromatic rings. The number of rotatable bonds is 2. The smallest absolute Gasteiger partial charge is 0.315 e. The number of nitriles is 1. The summed E-state index contributed by atoms with van der Waals surface area (Å²) in [5.74, 6) is -0.136. The Bertz CT molecular complexity index is 1190. The molecule has 0 heterocycles. The van der Waals surface area contributed by atoms with Crippen molar-refractivity contribution in [1.29, 1.82) is 5.26 Å². The number of hydrogen-bond acceptors (Lipinski definition) is 4. The van der Waals surface area contributed by atoms with Crippen LogP contribution in [0.5, 0.6) is 0 Å². The fraction of sp³-hybridized carbons (Fsp3) is 0.750. The van der Waals surface area contributed by atoms with Crippen LogP contribution in [-0.2, 0) is 9.59 Å². The van der Waals surface area contributed by atoms with Gasteiger partial charge in [0, 0.05) is 29.3 Å². The number of hydrogen-bond donors (Lipinski definition) is 2. The molecule has 0 aliphatic heterocycles. The van der Waals surface area contributed by atoms with Gasteiger partial charge in [-0.05, 0) is 86.0 Å². The van der Waals surface area contributed by atoms with Gasteiger partial charge in [0.05, 0.1) is 5.57 Å². The van der Waals surface area contributed by atoms with E-state index in [0.717, 1.165) is 50.5 Å². The third-order valence-electron chi connectivity index (χ3n) is 12.2. The Morgan fingerprint density at radius 2 is 1.74 bits per heavy atom. The van der Waals surface area contributed by atoms with E-state index < -0.39 is 5.41 Å². The first-order valence-corrected chi connectivity index (χ1v) is 14.7. The Morgan fingerprint density at radius 1 is 1.05 bits per heavy atom. The molecule has 5 aliphatic carbocycles. The number of amides is 2. The van der Waals surface area contributed by atoms with E-state index in [-0.39, 0.29) is 68.6 Å². The van der Waals surface area contributed by atoms with E-state index in [0.29, 0.717) is 6.54 Å². The second-order valence-electron chi connectivity index (χ2n) is 14.6. The van der Waals surface area contributed by atoms with Crippen LogP contribution in [0.1, 0.15) is 93.4 Å². The average Bonchev–Trinajstić information content (AvgIpc) is 2.84. The lowest BCUT2D eigenvalue weighted by Crippen LogP contribution is -2.70. The molecule has 5 rings (SSSR count). The Kier molecular flexibility index (Phi) is 6.10. The summed E-state index contributed by atoms with van der Waals surface area (Å²) in [4.78, 5) is 40.2. The minimum Gasteiger partial charge on any atom is -0.338 e. The molecule has 0 bridgehead atoms. The Labute approximate surface area is 228 Å². The largest absolute Gasteiger partial charge is 0.338 e. The summed E-state index contributed by atoms with van der Waals surface area (Å²) in [6, 6.07) is 2.03. The van der Waals surface area contributed by atoms with Crippen LogP contribution in [0.4, 0.5) is 4.79 Å². The van der Waals surface area contributed by atoms with Crippen LogP contribution in [0.15, 0.2) is 23.3 Å². The molecule has 8 atom stereocenters. The van der Waals surface area contributed by atoms with Crippen molar-refractivity contribution in [3.63, 3.8) is 0 Å². The van der Waals surface area contributed by atoms with Crippen LogP contribution >= 0.6 is 0 Å². The van der Waals surface area contributed by atoms with Gasteiger partial charge in [0.1, 0.15) is 6.07 Å². The highest BCUT2D eigenvalue weighted by molar-refractivity contribution is 6.02. The van der Waals surface area contributed by atoms with Crippen LogP contribution in [0.2, 0.25) is 0 Å². The molecule has 206 valence electrons. The molecule has 0 saturated heterocycles. The van der Waals surface area contributed by atoms with Gasteiger partial charge in [0.15, 0.2) is 11.6 Å². The molecule has 6 nitrogen and oxygen atoms in total. The molecule has 3 saturated carbocycles. The van der Waals surface area contributed by atoms with E-state index in [1.165, 1.54) is 0 Å². The van der Waals surface area contributed by atoms with E-state index in [9.17, 15) is 19.6 Å². The number of carbonyl (C=O) groups excluding carboxylic acids is 3. The third-order valence-corrected chi connectivity index (χ3v) is 12.2. The van der Waals surface area contributed by atoms with Gasteiger partial charge in [-0.2, -0.15) is 5.26 Å². The minimum atomic E-state index is -0.491. The van der Waals surface area contributed by atoms with Crippen molar-refractivity contribution in [3.8, 4) is 6.07 Å². The molecule has 3 fully saturated rings. The van der Waals surface area contributed by atoms with E-state index in [1.807, 2.05) is 26.0 Å². The Balaban J connectivity index is 1.64. The molecule has 38 heavy (non-hydrogen) atoms. The number of nitrogens with zero attached hydrogens (tertiary/aromatic N) is 1. The van der Waals surface area contributed by atoms with E-state index in [2.05, 4.69) is 51.3 Å². The first-order valence-electron chi connectivity index (χ1n) is 14.7. The molecule has 2 N–H and O–H groups in total. The van der Waals surface area contributed by atoms with Crippen molar-refractivity contribution >= 4 is 17.6 Å². The molecule has 0 spiro atoms. The SMILES string of the molecule is CCNC(=O)N[C@]12CCC(C)(C)CC1C1C(=O)C=C3[C@@]4(C)C=C(C#N)C(=O)[C@@H](C)C4CC[C@@]3(C)[C@]1(C)CC2. The highest BCUT2D eigenvalue weighted by Gasteiger charge is 2.69. The number of ketones is 2. The van der Waals surface area contributed by atoms with Crippen molar-refractivity contribution in [1.82, 2.24) is 10.6 Å². The molecular formula is C32H45N3O3. The summed E-state index contributed by atoms with van der Waals surface area (Å²) >= 11 is 0. The monoisotopic (exact) mass is 519 g/mol. The van der Waals surface area contributed by atoms with Crippen molar-refractivity contribution < 1.29 is 14.4 Å². The maximum atomic E-state index is 14.4. The van der Waals surface area contributed by atoms with Crippen molar-refractivity contribution in [2.45, 2.75) is 99.0 Å². The molecule has 3 unspecified atom stereocenters. The fourth-order valence-electron chi connectivity index (χ4n) is 9.90. The van der Waals surface area contributed by atoms with Crippen LogP contribution in [-0.4, -0.2) is 29.7 Å². The first-order chi connectivity index (χ1) is 17.7. The van der Waals surface area contributed by atoms with Gasteiger partial charge in [-0.1, -0.05) is 53.2 Å². The highest BCUT2D eigenvalue weighted by Crippen LogP contribution is 2.72. The topological polar surface area (TPSA) is 99.1 Å². The molecule has 5 aliphatic rings. The Morgan fingerprint density at radius 3 is 2.39 bits per heavy atom. The van der Waals surface area contributed by atoms with Crippen molar-refractivity contribution in [3.05, 3.63) is 23.3 Å². The van der Waals surface area contributed by atoms with Crippen molar-refractivity contribution in [2.75, 3.05) is 6.54 Å². The quantitative estimate of drug-likeness (QED) is 0.475. The third kappa shape index (κ3) is 3.52. The zero-order chi connectivity index (χ0) is 27.9. The number of allylic oxidation sites excluding steroid dienone is 4. The Hall–Kier alpha value is -2.42. The maximum Gasteiger partial charge on any atom is 0.315 e. The zero-order valence-corrected chi connectivity index (χ0v) is 24.3. The minimum absolute atomic E-state index is 0.0614. The number of carbonyl (C=O) groups is 3. The number of urea groups is 1. The van der Waals surface area contributed by atoms with E-state index in [4.69, 9.17) is 0 Å².